The Bertz CT molecular complexity index is 1110. The summed E-state index contributed by atoms with van der Waals surface area (Å²) in [4.78, 5) is 3.79. The first-order valence-electron chi connectivity index (χ1n) is 9.26. The van der Waals surface area contributed by atoms with Gasteiger partial charge in [-0.15, -0.1) is 0 Å². The number of alkyl halides is 5. The monoisotopic (exact) mass is 473 g/mol. The molecule has 1 fully saturated rings. The maximum atomic E-state index is 15.2. The fourth-order valence-corrected chi connectivity index (χ4v) is 3.26. The van der Waals surface area contributed by atoms with E-state index in [-0.39, 0.29) is 13.2 Å². The van der Waals surface area contributed by atoms with Crippen molar-refractivity contribution in [2.75, 3.05) is 13.2 Å². The number of nitrogens with zero attached hydrogens (tertiary/aromatic N) is 1. The van der Waals surface area contributed by atoms with E-state index in [1.165, 1.54) is 30.3 Å². The molecule has 3 nitrogen and oxygen atoms in total. The summed E-state index contributed by atoms with van der Waals surface area (Å²) in [5, 5.41) is 0. The van der Waals surface area contributed by atoms with E-state index >= 15 is 8.78 Å². The molecule has 0 saturated carbocycles. The molecule has 2 heterocycles. The summed E-state index contributed by atoms with van der Waals surface area (Å²) in [6.45, 7) is -1.90. The number of pyridine rings is 1. The lowest BCUT2D eigenvalue weighted by Crippen LogP contribution is -2.34. The molecule has 1 unspecified atom stereocenters. The second-order valence-corrected chi connectivity index (χ2v) is 7.17. The van der Waals surface area contributed by atoms with E-state index in [0.717, 1.165) is 24.4 Å². The molecule has 0 radical (unpaired) electrons. The highest BCUT2D eigenvalue weighted by Crippen LogP contribution is 2.56. The van der Waals surface area contributed by atoms with Gasteiger partial charge in [0.2, 0.25) is 0 Å². The van der Waals surface area contributed by atoms with Crippen LogP contribution in [-0.2, 0) is 16.3 Å². The van der Waals surface area contributed by atoms with E-state index in [9.17, 15) is 22.0 Å². The lowest BCUT2D eigenvalue weighted by Gasteiger charge is -2.24. The van der Waals surface area contributed by atoms with Gasteiger partial charge in [0.05, 0.1) is 6.61 Å². The van der Waals surface area contributed by atoms with Crippen LogP contribution in [-0.4, -0.2) is 24.4 Å². The molecule has 0 bridgehead atoms. The summed E-state index contributed by atoms with van der Waals surface area (Å²) in [5.41, 5.74) is -2.49. The first-order chi connectivity index (χ1) is 15.0. The standard InChI is InChI=1S/C22H14F7NO2.CH4/c23-15-4-7-17(18(24)9-15)20(11-32-20)22(28,29)19-8-3-14(10-30-19)13-1-5-16(6-2-13)31-12-21(25,26)27;/h1-10H,11-12H2;1H4. The van der Waals surface area contributed by atoms with Crippen molar-refractivity contribution < 1.29 is 40.2 Å². The Morgan fingerprint density at radius 3 is 2.06 bits per heavy atom. The summed E-state index contributed by atoms with van der Waals surface area (Å²) in [5.74, 6) is -5.76. The quantitative estimate of drug-likeness (QED) is 0.298. The van der Waals surface area contributed by atoms with E-state index in [4.69, 9.17) is 4.74 Å². The minimum absolute atomic E-state index is 0. The van der Waals surface area contributed by atoms with Crippen molar-refractivity contribution in [3.63, 3.8) is 0 Å². The van der Waals surface area contributed by atoms with Crippen molar-refractivity contribution in [3.05, 3.63) is 83.7 Å². The predicted molar refractivity (Wildman–Crippen MR) is 106 cm³/mol. The number of rotatable bonds is 6. The third-order valence-electron chi connectivity index (χ3n) is 4.98. The van der Waals surface area contributed by atoms with Gasteiger partial charge in [-0.2, -0.15) is 22.0 Å². The van der Waals surface area contributed by atoms with Crippen LogP contribution >= 0.6 is 0 Å². The number of aromatic nitrogens is 1. The fourth-order valence-electron chi connectivity index (χ4n) is 3.26. The Morgan fingerprint density at radius 1 is 0.909 bits per heavy atom. The maximum absolute atomic E-state index is 15.2. The molecule has 1 saturated heterocycles. The topological polar surface area (TPSA) is 34.6 Å². The Labute approximate surface area is 184 Å². The fraction of sp³-hybridized carbons (Fsp3) is 0.261. The smallest absolute Gasteiger partial charge is 0.422 e. The van der Waals surface area contributed by atoms with Crippen LogP contribution in [0.5, 0.6) is 5.75 Å². The van der Waals surface area contributed by atoms with E-state index < -0.39 is 53.8 Å². The molecule has 176 valence electrons. The van der Waals surface area contributed by atoms with E-state index in [0.29, 0.717) is 17.2 Å². The van der Waals surface area contributed by atoms with Gasteiger partial charge in [0.1, 0.15) is 23.1 Å². The SMILES string of the molecule is C.Fc1ccc(C2(C(F)(F)c3ccc(-c4ccc(OCC(F)(F)F)cc4)cn3)CO2)c(F)c1. The predicted octanol–water partition coefficient (Wildman–Crippen LogP) is 6.62. The van der Waals surface area contributed by atoms with Crippen LogP contribution in [0.1, 0.15) is 18.7 Å². The number of halogens is 7. The molecule has 0 aliphatic carbocycles. The van der Waals surface area contributed by atoms with Crippen molar-refractivity contribution in [2.24, 2.45) is 0 Å². The van der Waals surface area contributed by atoms with Crippen LogP contribution in [0.25, 0.3) is 11.1 Å². The molecule has 1 atom stereocenters. The van der Waals surface area contributed by atoms with Crippen molar-refractivity contribution >= 4 is 0 Å². The van der Waals surface area contributed by atoms with Crippen LogP contribution in [0.2, 0.25) is 0 Å². The van der Waals surface area contributed by atoms with E-state index in [1.807, 2.05) is 0 Å². The van der Waals surface area contributed by atoms with Crippen LogP contribution in [0.4, 0.5) is 30.7 Å². The van der Waals surface area contributed by atoms with Gasteiger partial charge in [0, 0.05) is 23.4 Å². The zero-order valence-corrected chi connectivity index (χ0v) is 16.1. The minimum atomic E-state index is -4.47. The highest BCUT2D eigenvalue weighted by Gasteiger charge is 2.68. The lowest BCUT2D eigenvalue weighted by atomic mass is 9.90. The number of hydrogen-bond donors (Lipinski definition) is 0. The number of benzene rings is 2. The van der Waals surface area contributed by atoms with Gasteiger partial charge in [-0.05, 0) is 35.9 Å². The van der Waals surface area contributed by atoms with Crippen molar-refractivity contribution in [3.8, 4) is 16.9 Å². The van der Waals surface area contributed by atoms with E-state index in [1.54, 1.807) is 0 Å². The minimum Gasteiger partial charge on any atom is -0.484 e. The van der Waals surface area contributed by atoms with E-state index in [2.05, 4.69) is 9.72 Å². The molecular weight excluding hydrogens is 455 g/mol. The van der Waals surface area contributed by atoms with Gasteiger partial charge >= 0.3 is 12.1 Å². The Kier molecular flexibility index (Phi) is 6.43. The summed E-state index contributed by atoms with van der Waals surface area (Å²) in [7, 11) is 0. The van der Waals surface area contributed by atoms with Gasteiger partial charge in [0.25, 0.3) is 0 Å². The van der Waals surface area contributed by atoms with Gasteiger partial charge in [0.15, 0.2) is 12.2 Å². The van der Waals surface area contributed by atoms with Crippen LogP contribution < -0.4 is 4.74 Å². The second kappa shape index (κ2) is 8.66. The van der Waals surface area contributed by atoms with Crippen LogP contribution in [0, 0.1) is 11.6 Å². The van der Waals surface area contributed by atoms with Crippen LogP contribution in [0.3, 0.4) is 0 Å². The molecule has 0 amide bonds. The molecule has 4 rings (SSSR count). The molecule has 0 N–H and O–H groups in total. The molecule has 33 heavy (non-hydrogen) atoms. The third-order valence-corrected chi connectivity index (χ3v) is 4.98. The molecular formula is C23H18F7NO2. The van der Waals surface area contributed by atoms with Crippen molar-refractivity contribution in [1.29, 1.82) is 0 Å². The summed E-state index contributed by atoms with van der Waals surface area (Å²) < 4.78 is 104. The largest absolute Gasteiger partial charge is 0.484 e. The maximum Gasteiger partial charge on any atom is 0.422 e. The molecule has 10 heteroatoms. The summed E-state index contributed by atoms with van der Waals surface area (Å²) in [6.07, 6.45) is -3.31. The zero-order chi connectivity index (χ0) is 23.1. The van der Waals surface area contributed by atoms with Gasteiger partial charge < -0.3 is 9.47 Å². The normalized spacial score (nSPS) is 17.9. The number of epoxide rings is 1. The van der Waals surface area contributed by atoms with Gasteiger partial charge in [-0.1, -0.05) is 25.6 Å². The van der Waals surface area contributed by atoms with Crippen molar-refractivity contribution in [2.45, 2.75) is 25.1 Å². The average molecular weight is 473 g/mol. The van der Waals surface area contributed by atoms with Gasteiger partial charge in [-0.3, -0.25) is 4.98 Å². The molecule has 1 aromatic heterocycles. The Balaban J connectivity index is 0.00000306. The molecule has 0 spiro atoms. The molecule has 3 aromatic rings. The van der Waals surface area contributed by atoms with Gasteiger partial charge in [-0.25, -0.2) is 8.78 Å². The molecule has 1 aliphatic heterocycles. The highest BCUT2D eigenvalue weighted by molar-refractivity contribution is 5.63. The summed E-state index contributed by atoms with van der Waals surface area (Å²) in [6, 6.07) is 10.2. The summed E-state index contributed by atoms with van der Waals surface area (Å²) >= 11 is 0. The van der Waals surface area contributed by atoms with Crippen molar-refractivity contribution in [1.82, 2.24) is 4.98 Å². The lowest BCUT2D eigenvalue weighted by molar-refractivity contribution is -0.153. The molecule has 2 aromatic carbocycles. The Morgan fingerprint density at radius 2 is 1.55 bits per heavy atom. The highest BCUT2D eigenvalue weighted by atomic mass is 19.4. The zero-order valence-electron chi connectivity index (χ0n) is 16.1. The molecule has 1 aliphatic rings. The Hall–Kier alpha value is -3.14. The third kappa shape index (κ3) is 4.80. The number of hydrogen-bond acceptors (Lipinski definition) is 3. The first-order valence-corrected chi connectivity index (χ1v) is 9.26. The average Bonchev–Trinajstić information content (AvgIpc) is 3.55. The first kappa shape index (κ1) is 24.5. The van der Waals surface area contributed by atoms with Crippen LogP contribution in [0.15, 0.2) is 60.8 Å². The number of ether oxygens (including phenoxy) is 2. The second-order valence-electron chi connectivity index (χ2n) is 7.17.